The standard InChI is InChI=1S/C17H11ClN4O/c18-11-7-5-10(6-8-11)16-20-17(23)15(21-22-16)13-9-19-14-4-2-1-3-12(13)14/h1-9,19H,(H,20,22,23). The summed E-state index contributed by atoms with van der Waals surface area (Å²) in [5.41, 5.74) is 2.45. The SMILES string of the molecule is O=c1[nH]c(-c2ccc(Cl)cc2)nnc1-c1c[nH]c2ccccc12. The van der Waals surface area contributed by atoms with Gasteiger partial charge in [0.05, 0.1) is 0 Å². The molecule has 0 atom stereocenters. The van der Waals surface area contributed by atoms with Gasteiger partial charge >= 0.3 is 0 Å². The molecular formula is C17H11ClN4O. The number of fused-ring (bicyclic) bond motifs is 1. The Morgan fingerprint density at radius 2 is 1.74 bits per heavy atom. The highest BCUT2D eigenvalue weighted by Crippen LogP contribution is 2.25. The Morgan fingerprint density at radius 1 is 0.957 bits per heavy atom. The molecule has 0 bridgehead atoms. The van der Waals surface area contributed by atoms with Crippen LogP contribution in [0.3, 0.4) is 0 Å². The van der Waals surface area contributed by atoms with E-state index < -0.39 is 0 Å². The minimum Gasteiger partial charge on any atom is -0.360 e. The third-order valence-electron chi connectivity index (χ3n) is 3.66. The normalized spacial score (nSPS) is 11.0. The van der Waals surface area contributed by atoms with Crippen molar-refractivity contribution >= 4 is 22.5 Å². The summed E-state index contributed by atoms with van der Waals surface area (Å²) in [4.78, 5) is 18.3. The van der Waals surface area contributed by atoms with Gasteiger partial charge < -0.3 is 9.97 Å². The maximum atomic E-state index is 12.4. The van der Waals surface area contributed by atoms with Gasteiger partial charge in [0.25, 0.3) is 5.56 Å². The van der Waals surface area contributed by atoms with E-state index in [1.165, 1.54) is 0 Å². The number of hydrogen-bond donors (Lipinski definition) is 2. The lowest BCUT2D eigenvalue weighted by Crippen LogP contribution is -2.14. The largest absolute Gasteiger partial charge is 0.360 e. The van der Waals surface area contributed by atoms with Crippen LogP contribution in [0.5, 0.6) is 0 Å². The van der Waals surface area contributed by atoms with Crippen molar-refractivity contribution in [3.63, 3.8) is 0 Å². The Kier molecular flexibility index (Phi) is 3.20. The Balaban J connectivity index is 1.82. The molecule has 0 unspecified atom stereocenters. The molecule has 4 rings (SSSR count). The van der Waals surface area contributed by atoms with E-state index in [0.29, 0.717) is 16.5 Å². The van der Waals surface area contributed by atoms with Gasteiger partial charge in [0.1, 0.15) is 0 Å². The van der Waals surface area contributed by atoms with Crippen LogP contribution < -0.4 is 5.56 Å². The van der Waals surface area contributed by atoms with Gasteiger partial charge in [0.15, 0.2) is 11.5 Å². The molecule has 0 saturated heterocycles. The molecule has 23 heavy (non-hydrogen) atoms. The van der Waals surface area contributed by atoms with E-state index in [9.17, 15) is 4.79 Å². The summed E-state index contributed by atoms with van der Waals surface area (Å²) in [5.74, 6) is 0.412. The fraction of sp³-hybridized carbons (Fsp3) is 0. The van der Waals surface area contributed by atoms with Gasteiger partial charge in [-0.2, -0.15) is 0 Å². The zero-order valence-corrected chi connectivity index (χ0v) is 12.6. The van der Waals surface area contributed by atoms with Crippen LogP contribution in [-0.2, 0) is 0 Å². The van der Waals surface area contributed by atoms with Crippen molar-refractivity contribution in [2.45, 2.75) is 0 Å². The van der Waals surface area contributed by atoms with E-state index >= 15 is 0 Å². The second-order valence-corrected chi connectivity index (χ2v) is 5.54. The number of halogens is 1. The molecule has 2 aromatic carbocycles. The Labute approximate surface area is 136 Å². The molecule has 0 aliphatic rings. The predicted molar refractivity (Wildman–Crippen MR) is 90.4 cm³/mol. The molecule has 0 amide bonds. The summed E-state index contributed by atoms with van der Waals surface area (Å²) in [7, 11) is 0. The van der Waals surface area contributed by atoms with Crippen LogP contribution in [0.25, 0.3) is 33.5 Å². The van der Waals surface area contributed by atoms with Gasteiger partial charge in [-0.3, -0.25) is 4.79 Å². The van der Waals surface area contributed by atoms with Crippen molar-refractivity contribution in [1.29, 1.82) is 0 Å². The number of para-hydroxylation sites is 1. The first kappa shape index (κ1) is 13.7. The Bertz CT molecular complexity index is 1050. The number of rotatable bonds is 2. The summed E-state index contributed by atoms with van der Waals surface area (Å²) in [6.45, 7) is 0. The predicted octanol–water partition coefficient (Wildman–Crippen LogP) is 3.63. The second kappa shape index (κ2) is 5.37. The number of nitrogens with one attached hydrogen (secondary N) is 2. The van der Waals surface area contributed by atoms with Crippen LogP contribution in [0, 0.1) is 0 Å². The highest BCUT2D eigenvalue weighted by atomic mass is 35.5. The smallest absolute Gasteiger partial charge is 0.278 e. The molecule has 0 aliphatic carbocycles. The lowest BCUT2D eigenvalue weighted by atomic mass is 10.1. The molecule has 0 spiro atoms. The van der Waals surface area contributed by atoms with Crippen molar-refractivity contribution in [2.75, 3.05) is 0 Å². The average molecular weight is 323 g/mol. The molecule has 6 heteroatoms. The fourth-order valence-corrected chi connectivity index (χ4v) is 2.64. The minimum atomic E-state index is -0.283. The first-order valence-corrected chi connectivity index (χ1v) is 7.39. The van der Waals surface area contributed by atoms with Gasteiger partial charge in [-0.05, 0) is 30.3 Å². The van der Waals surface area contributed by atoms with Crippen LogP contribution in [0.15, 0.2) is 59.5 Å². The highest BCUT2D eigenvalue weighted by molar-refractivity contribution is 6.30. The van der Waals surface area contributed by atoms with E-state index in [2.05, 4.69) is 20.2 Å². The van der Waals surface area contributed by atoms with Crippen LogP contribution in [-0.4, -0.2) is 20.2 Å². The Hall–Kier alpha value is -2.92. The third kappa shape index (κ3) is 2.41. The summed E-state index contributed by atoms with van der Waals surface area (Å²) in [6, 6.07) is 14.8. The quantitative estimate of drug-likeness (QED) is 0.591. The van der Waals surface area contributed by atoms with Crippen molar-refractivity contribution in [2.24, 2.45) is 0 Å². The van der Waals surface area contributed by atoms with Crippen molar-refractivity contribution in [3.8, 4) is 22.6 Å². The van der Waals surface area contributed by atoms with Crippen molar-refractivity contribution in [1.82, 2.24) is 20.2 Å². The lowest BCUT2D eigenvalue weighted by Gasteiger charge is -2.02. The average Bonchev–Trinajstić information content (AvgIpc) is 2.99. The van der Waals surface area contributed by atoms with Gasteiger partial charge in [0, 0.05) is 33.2 Å². The van der Waals surface area contributed by atoms with E-state index in [1.807, 2.05) is 24.3 Å². The first-order valence-electron chi connectivity index (χ1n) is 7.02. The summed E-state index contributed by atoms with van der Waals surface area (Å²) in [5, 5.41) is 9.82. The number of benzene rings is 2. The topological polar surface area (TPSA) is 74.4 Å². The number of nitrogens with zero attached hydrogens (tertiary/aromatic N) is 2. The molecule has 0 fully saturated rings. The highest BCUT2D eigenvalue weighted by Gasteiger charge is 2.13. The first-order chi connectivity index (χ1) is 11.2. The van der Waals surface area contributed by atoms with Gasteiger partial charge in [-0.25, -0.2) is 0 Å². The molecule has 2 N–H and O–H groups in total. The number of aromatic nitrogens is 4. The zero-order valence-electron chi connectivity index (χ0n) is 11.9. The molecule has 112 valence electrons. The van der Waals surface area contributed by atoms with E-state index in [0.717, 1.165) is 22.0 Å². The van der Waals surface area contributed by atoms with Crippen LogP contribution in [0.1, 0.15) is 0 Å². The number of aromatic amines is 2. The van der Waals surface area contributed by atoms with Gasteiger partial charge in [-0.15, -0.1) is 10.2 Å². The maximum Gasteiger partial charge on any atom is 0.278 e. The Morgan fingerprint density at radius 3 is 2.52 bits per heavy atom. The molecule has 0 aliphatic heterocycles. The second-order valence-electron chi connectivity index (χ2n) is 5.11. The van der Waals surface area contributed by atoms with Crippen LogP contribution in [0.4, 0.5) is 0 Å². The van der Waals surface area contributed by atoms with Crippen molar-refractivity contribution < 1.29 is 0 Å². The number of hydrogen-bond acceptors (Lipinski definition) is 3. The van der Waals surface area contributed by atoms with Gasteiger partial charge in [-0.1, -0.05) is 29.8 Å². The van der Waals surface area contributed by atoms with Crippen molar-refractivity contribution in [3.05, 3.63) is 70.1 Å². The summed E-state index contributed by atoms with van der Waals surface area (Å²) < 4.78 is 0. The molecule has 2 aromatic heterocycles. The van der Waals surface area contributed by atoms with Crippen LogP contribution in [0.2, 0.25) is 5.02 Å². The van der Waals surface area contributed by atoms with E-state index in [-0.39, 0.29) is 5.56 Å². The molecule has 5 nitrogen and oxygen atoms in total. The molecule has 0 radical (unpaired) electrons. The lowest BCUT2D eigenvalue weighted by molar-refractivity contribution is 0.964. The molecule has 2 heterocycles. The minimum absolute atomic E-state index is 0.283. The molecule has 4 aromatic rings. The fourth-order valence-electron chi connectivity index (χ4n) is 2.52. The zero-order chi connectivity index (χ0) is 15.8. The van der Waals surface area contributed by atoms with Gasteiger partial charge in [0.2, 0.25) is 0 Å². The summed E-state index contributed by atoms with van der Waals surface area (Å²) >= 11 is 5.87. The maximum absolute atomic E-state index is 12.4. The molecular weight excluding hydrogens is 312 g/mol. The third-order valence-corrected chi connectivity index (χ3v) is 3.91. The summed E-state index contributed by atoms with van der Waals surface area (Å²) in [6.07, 6.45) is 1.77. The molecule has 0 saturated carbocycles. The van der Waals surface area contributed by atoms with E-state index in [1.54, 1.807) is 30.5 Å². The van der Waals surface area contributed by atoms with Crippen LogP contribution >= 0.6 is 11.6 Å². The monoisotopic (exact) mass is 322 g/mol. The van der Waals surface area contributed by atoms with E-state index in [4.69, 9.17) is 11.6 Å². The number of H-pyrrole nitrogens is 2.